The predicted octanol–water partition coefficient (Wildman–Crippen LogP) is 2.07. The van der Waals surface area contributed by atoms with Crippen LogP contribution in [-0.4, -0.2) is 21.6 Å². The van der Waals surface area contributed by atoms with E-state index in [9.17, 15) is 0 Å². The van der Waals surface area contributed by atoms with Crippen LogP contribution < -0.4 is 5.73 Å². The molecule has 0 aromatic carbocycles. The summed E-state index contributed by atoms with van der Waals surface area (Å²) in [7, 11) is 0. The zero-order chi connectivity index (χ0) is 13.9. The van der Waals surface area contributed by atoms with Crippen LogP contribution in [-0.2, 0) is 17.8 Å². The van der Waals surface area contributed by atoms with Crippen LogP contribution in [0.25, 0.3) is 0 Å². The van der Waals surface area contributed by atoms with Crippen LogP contribution >= 0.6 is 0 Å². The number of nitrogen functional groups attached to an aromatic ring is 1. The van der Waals surface area contributed by atoms with Gasteiger partial charge in [0.15, 0.2) is 5.82 Å². The summed E-state index contributed by atoms with van der Waals surface area (Å²) in [6.45, 7) is 2.99. The molecule has 0 aliphatic heterocycles. The molecule has 1 aliphatic rings. The molecule has 1 atom stereocenters. The summed E-state index contributed by atoms with van der Waals surface area (Å²) in [5, 5.41) is 0. The van der Waals surface area contributed by atoms with E-state index in [0.717, 1.165) is 24.2 Å². The van der Waals surface area contributed by atoms with E-state index in [4.69, 9.17) is 10.5 Å². The van der Waals surface area contributed by atoms with Crippen molar-refractivity contribution in [3.63, 3.8) is 0 Å². The van der Waals surface area contributed by atoms with E-state index in [1.807, 2.05) is 25.3 Å². The van der Waals surface area contributed by atoms with Crippen molar-refractivity contribution in [2.45, 2.75) is 32.3 Å². The number of nitrogens with zero attached hydrogens (tertiary/aromatic N) is 3. The molecule has 2 aromatic heterocycles. The van der Waals surface area contributed by atoms with Gasteiger partial charge in [0, 0.05) is 24.8 Å². The molecule has 2 aromatic rings. The minimum absolute atomic E-state index is 0.219. The van der Waals surface area contributed by atoms with E-state index in [2.05, 4.69) is 21.0 Å². The van der Waals surface area contributed by atoms with Crippen molar-refractivity contribution >= 4 is 5.82 Å². The smallest absolute Gasteiger partial charge is 0.156 e. The van der Waals surface area contributed by atoms with Gasteiger partial charge in [-0.2, -0.15) is 0 Å². The Hall–Kier alpha value is -2.01. The Bertz CT molecular complexity index is 615. The zero-order valence-electron chi connectivity index (χ0n) is 11.5. The van der Waals surface area contributed by atoms with Gasteiger partial charge >= 0.3 is 0 Å². The number of fused-ring (bicyclic) bond motifs is 1. The molecule has 0 saturated carbocycles. The molecule has 20 heavy (non-hydrogen) atoms. The Morgan fingerprint density at radius 3 is 3.15 bits per heavy atom. The third-order valence-corrected chi connectivity index (χ3v) is 3.56. The van der Waals surface area contributed by atoms with Gasteiger partial charge in [-0.3, -0.25) is 4.98 Å². The van der Waals surface area contributed by atoms with Gasteiger partial charge in [0.05, 0.1) is 11.4 Å². The average Bonchev–Trinajstić information content (AvgIpc) is 2.88. The van der Waals surface area contributed by atoms with Gasteiger partial charge in [-0.1, -0.05) is 6.07 Å². The summed E-state index contributed by atoms with van der Waals surface area (Å²) < 4.78 is 5.37. The summed E-state index contributed by atoms with van der Waals surface area (Å²) >= 11 is 0. The largest absolute Gasteiger partial charge is 0.384 e. The number of hydrogen-bond donors (Lipinski definition) is 1. The van der Waals surface area contributed by atoms with E-state index in [0.29, 0.717) is 24.9 Å². The standard InChI is InChI=1S/C15H18N4O/c1-2-20-9-14-18-12(8-13(16)19-14)11-6-5-10-4-3-7-17-15(10)11/h3-4,7-8,11H,2,5-6,9H2,1H3,(H2,16,18,19). The first-order chi connectivity index (χ1) is 9.78. The van der Waals surface area contributed by atoms with Crippen LogP contribution in [0.15, 0.2) is 24.4 Å². The molecule has 0 amide bonds. The van der Waals surface area contributed by atoms with Crippen molar-refractivity contribution in [1.82, 2.24) is 15.0 Å². The maximum Gasteiger partial charge on any atom is 0.156 e. The average molecular weight is 270 g/mol. The molecule has 2 heterocycles. The van der Waals surface area contributed by atoms with Gasteiger partial charge < -0.3 is 10.5 Å². The fourth-order valence-corrected chi connectivity index (χ4v) is 2.68. The maximum absolute atomic E-state index is 5.89. The van der Waals surface area contributed by atoms with E-state index >= 15 is 0 Å². The van der Waals surface area contributed by atoms with Crippen molar-refractivity contribution in [1.29, 1.82) is 0 Å². The van der Waals surface area contributed by atoms with E-state index in [1.54, 1.807) is 0 Å². The quantitative estimate of drug-likeness (QED) is 0.920. The molecule has 1 unspecified atom stereocenters. The minimum Gasteiger partial charge on any atom is -0.384 e. The monoisotopic (exact) mass is 270 g/mol. The van der Waals surface area contributed by atoms with Crippen molar-refractivity contribution in [2.24, 2.45) is 0 Å². The van der Waals surface area contributed by atoms with Gasteiger partial charge in [0.2, 0.25) is 0 Å². The summed E-state index contributed by atoms with van der Waals surface area (Å²) in [6.07, 6.45) is 3.90. The number of hydrogen-bond acceptors (Lipinski definition) is 5. The number of anilines is 1. The fraction of sp³-hybridized carbons (Fsp3) is 0.400. The molecular formula is C15H18N4O. The second kappa shape index (κ2) is 5.54. The van der Waals surface area contributed by atoms with E-state index in [-0.39, 0.29) is 5.92 Å². The lowest BCUT2D eigenvalue weighted by Gasteiger charge is -2.12. The highest BCUT2D eigenvalue weighted by Gasteiger charge is 2.26. The van der Waals surface area contributed by atoms with Crippen LogP contribution in [0.4, 0.5) is 5.82 Å². The molecule has 5 heteroatoms. The zero-order valence-corrected chi connectivity index (χ0v) is 11.5. The highest BCUT2D eigenvalue weighted by molar-refractivity contribution is 5.39. The molecule has 104 valence electrons. The first-order valence-corrected chi connectivity index (χ1v) is 6.92. The first kappa shape index (κ1) is 13.0. The SMILES string of the molecule is CCOCc1nc(N)cc(C2CCc3cccnc32)n1. The van der Waals surface area contributed by atoms with Gasteiger partial charge in [0.25, 0.3) is 0 Å². The fourth-order valence-electron chi connectivity index (χ4n) is 2.68. The third kappa shape index (κ3) is 2.49. The normalized spacial score (nSPS) is 17.1. The van der Waals surface area contributed by atoms with Crippen molar-refractivity contribution in [3.05, 3.63) is 47.2 Å². The van der Waals surface area contributed by atoms with Crippen LogP contribution in [0.2, 0.25) is 0 Å². The summed E-state index contributed by atoms with van der Waals surface area (Å²) in [5.74, 6) is 1.36. The molecular weight excluding hydrogens is 252 g/mol. The van der Waals surface area contributed by atoms with Crippen molar-refractivity contribution < 1.29 is 4.74 Å². The molecule has 0 spiro atoms. The highest BCUT2D eigenvalue weighted by atomic mass is 16.5. The lowest BCUT2D eigenvalue weighted by molar-refractivity contribution is 0.128. The Morgan fingerprint density at radius 1 is 1.40 bits per heavy atom. The lowest BCUT2D eigenvalue weighted by Crippen LogP contribution is -2.09. The van der Waals surface area contributed by atoms with Crippen LogP contribution in [0, 0.1) is 0 Å². The molecule has 2 N–H and O–H groups in total. The number of nitrogens with two attached hydrogens (primary N) is 1. The maximum atomic E-state index is 5.89. The van der Waals surface area contributed by atoms with E-state index < -0.39 is 0 Å². The lowest BCUT2D eigenvalue weighted by atomic mass is 10.0. The third-order valence-electron chi connectivity index (χ3n) is 3.56. The summed E-state index contributed by atoms with van der Waals surface area (Å²) in [4.78, 5) is 13.3. The van der Waals surface area contributed by atoms with Gasteiger partial charge in [0.1, 0.15) is 12.4 Å². The molecule has 5 nitrogen and oxygen atoms in total. The number of aromatic nitrogens is 3. The van der Waals surface area contributed by atoms with Gasteiger partial charge in [-0.25, -0.2) is 9.97 Å². The second-order valence-corrected chi connectivity index (χ2v) is 4.91. The van der Waals surface area contributed by atoms with E-state index in [1.165, 1.54) is 5.56 Å². The Balaban J connectivity index is 1.93. The van der Waals surface area contributed by atoms with Gasteiger partial charge in [-0.05, 0) is 31.4 Å². The summed E-state index contributed by atoms with van der Waals surface area (Å²) in [5.41, 5.74) is 9.27. The van der Waals surface area contributed by atoms with Crippen LogP contribution in [0.1, 0.15) is 42.0 Å². The predicted molar refractivity (Wildman–Crippen MR) is 76.2 cm³/mol. The van der Waals surface area contributed by atoms with Crippen LogP contribution in [0.3, 0.4) is 0 Å². The Morgan fingerprint density at radius 2 is 2.30 bits per heavy atom. The Kier molecular flexibility index (Phi) is 3.60. The molecule has 3 rings (SSSR count). The topological polar surface area (TPSA) is 73.9 Å². The highest BCUT2D eigenvalue weighted by Crippen LogP contribution is 2.35. The number of pyridine rings is 1. The molecule has 0 radical (unpaired) electrons. The number of ether oxygens (including phenoxy) is 1. The summed E-state index contributed by atoms with van der Waals surface area (Å²) in [6, 6.07) is 5.97. The Labute approximate surface area is 118 Å². The minimum atomic E-state index is 0.219. The number of aryl methyl sites for hydroxylation is 1. The molecule has 1 aliphatic carbocycles. The molecule has 0 fully saturated rings. The van der Waals surface area contributed by atoms with Crippen molar-refractivity contribution in [2.75, 3.05) is 12.3 Å². The molecule has 0 saturated heterocycles. The second-order valence-electron chi connectivity index (χ2n) is 4.91. The van der Waals surface area contributed by atoms with Gasteiger partial charge in [-0.15, -0.1) is 0 Å². The first-order valence-electron chi connectivity index (χ1n) is 6.92. The number of rotatable bonds is 4. The van der Waals surface area contributed by atoms with Crippen molar-refractivity contribution in [3.8, 4) is 0 Å². The molecule has 0 bridgehead atoms. The van der Waals surface area contributed by atoms with Crippen LogP contribution in [0.5, 0.6) is 0 Å².